The van der Waals surface area contributed by atoms with Gasteiger partial charge in [-0.25, -0.2) is 0 Å². The molecule has 5 heteroatoms. The van der Waals surface area contributed by atoms with E-state index >= 15 is 0 Å². The zero-order valence-electron chi connectivity index (χ0n) is 17.6. The third kappa shape index (κ3) is 5.95. The van der Waals surface area contributed by atoms with Gasteiger partial charge in [0.25, 0.3) is 0 Å². The van der Waals surface area contributed by atoms with E-state index in [0.717, 1.165) is 64.9 Å². The first kappa shape index (κ1) is 21.1. The largest absolute Gasteiger partial charge is 0.381 e. The second-order valence-corrected chi connectivity index (χ2v) is 8.05. The average Bonchev–Trinajstić information content (AvgIpc) is 3.27. The van der Waals surface area contributed by atoms with Gasteiger partial charge in [-0.15, -0.1) is 0 Å². The molecule has 0 saturated carbocycles. The fraction of sp³-hybridized carbons (Fsp3) is 0.696. The highest BCUT2D eigenvalue weighted by atomic mass is 16.5. The molecule has 3 atom stereocenters. The molecule has 0 radical (unpaired) electrons. The van der Waals surface area contributed by atoms with Gasteiger partial charge in [-0.2, -0.15) is 0 Å². The van der Waals surface area contributed by atoms with E-state index in [-0.39, 0.29) is 0 Å². The van der Waals surface area contributed by atoms with E-state index in [1.165, 1.54) is 18.4 Å². The molecular formula is C23H37N3O2. The van der Waals surface area contributed by atoms with Crippen LogP contribution >= 0.6 is 0 Å². The van der Waals surface area contributed by atoms with E-state index in [9.17, 15) is 0 Å². The van der Waals surface area contributed by atoms with Crippen LogP contribution in [0.15, 0.2) is 35.3 Å². The Morgan fingerprint density at radius 2 is 2.14 bits per heavy atom. The number of likely N-dealkylation sites (tertiary alicyclic amines) is 1. The van der Waals surface area contributed by atoms with Crippen LogP contribution in [0, 0.1) is 11.8 Å². The van der Waals surface area contributed by atoms with Crippen LogP contribution < -0.4 is 5.32 Å². The van der Waals surface area contributed by atoms with Gasteiger partial charge in [-0.1, -0.05) is 43.7 Å². The summed E-state index contributed by atoms with van der Waals surface area (Å²) in [5.74, 6) is 2.96. The molecular weight excluding hydrogens is 350 g/mol. The summed E-state index contributed by atoms with van der Waals surface area (Å²) in [7, 11) is 1.89. The highest BCUT2D eigenvalue weighted by molar-refractivity contribution is 5.80. The summed E-state index contributed by atoms with van der Waals surface area (Å²) in [6, 6.07) is 11.0. The van der Waals surface area contributed by atoms with Crippen molar-refractivity contribution in [2.75, 3.05) is 53.1 Å². The number of nitrogens with zero attached hydrogens (tertiary/aromatic N) is 2. The van der Waals surface area contributed by atoms with Crippen molar-refractivity contribution in [3.63, 3.8) is 0 Å². The minimum Gasteiger partial charge on any atom is -0.381 e. The lowest BCUT2D eigenvalue weighted by atomic mass is 9.79. The van der Waals surface area contributed by atoms with Crippen LogP contribution in [0.5, 0.6) is 0 Å². The molecule has 3 rings (SSSR count). The van der Waals surface area contributed by atoms with Gasteiger partial charge in [0.2, 0.25) is 0 Å². The smallest absolute Gasteiger partial charge is 0.193 e. The quantitative estimate of drug-likeness (QED) is 0.421. The Hall–Kier alpha value is -1.59. The SMILES string of the molecule is CCC1CN(C(=NC)NCCCOCC2CCOC2)CCC1c1ccccc1. The van der Waals surface area contributed by atoms with Gasteiger partial charge < -0.3 is 19.7 Å². The van der Waals surface area contributed by atoms with Crippen LogP contribution in [-0.2, 0) is 9.47 Å². The lowest BCUT2D eigenvalue weighted by Gasteiger charge is -2.40. The van der Waals surface area contributed by atoms with E-state index < -0.39 is 0 Å². The highest BCUT2D eigenvalue weighted by Gasteiger charge is 2.30. The molecule has 3 unspecified atom stereocenters. The summed E-state index contributed by atoms with van der Waals surface area (Å²) < 4.78 is 11.2. The van der Waals surface area contributed by atoms with E-state index in [1.54, 1.807) is 0 Å². The molecule has 2 saturated heterocycles. The van der Waals surface area contributed by atoms with Crippen LogP contribution in [0.3, 0.4) is 0 Å². The van der Waals surface area contributed by atoms with Gasteiger partial charge in [-0.05, 0) is 36.7 Å². The van der Waals surface area contributed by atoms with Gasteiger partial charge in [0.1, 0.15) is 0 Å². The van der Waals surface area contributed by atoms with E-state index in [4.69, 9.17) is 9.47 Å². The number of hydrogen-bond acceptors (Lipinski definition) is 3. The first-order chi connectivity index (χ1) is 13.8. The molecule has 2 aliphatic heterocycles. The molecule has 156 valence electrons. The minimum atomic E-state index is 0.595. The third-order valence-electron chi connectivity index (χ3n) is 6.12. The first-order valence-corrected chi connectivity index (χ1v) is 11.0. The molecule has 2 fully saturated rings. The Bertz CT molecular complexity index is 587. The normalized spacial score (nSPS) is 25.9. The molecule has 5 nitrogen and oxygen atoms in total. The van der Waals surface area contributed by atoms with E-state index in [2.05, 4.69) is 52.5 Å². The molecule has 0 spiro atoms. The molecule has 1 aromatic rings. The Balaban J connectivity index is 1.39. The first-order valence-electron chi connectivity index (χ1n) is 11.0. The number of piperidine rings is 1. The molecule has 1 N–H and O–H groups in total. The highest BCUT2D eigenvalue weighted by Crippen LogP contribution is 2.34. The predicted octanol–water partition coefficient (Wildman–Crippen LogP) is 3.52. The van der Waals surface area contributed by atoms with Crippen LogP contribution in [0.1, 0.15) is 44.1 Å². The van der Waals surface area contributed by atoms with Gasteiger partial charge in [0, 0.05) is 45.8 Å². The predicted molar refractivity (Wildman–Crippen MR) is 115 cm³/mol. The molecule has 1 aromatic carbocycles. The lowest BCUT2D eigenvalue weighted by molar-refractivity contribution is 0.0886. The van der Waals surface area contributed by atoms with Crippen molar-refractivity contribution in [1.29, 1.82) is 0 Å². The van der Waals surface area contributed by atoms with Crippen molar-refractivity contribution in [1.82, 2.24) is 10.2 Å². The number of benzene rings is 1. The number of hydrogen-bond donors (Lipinski definition) is 1. The second kappa shape index (κ2) is 11.4. The number of guanidine groups is 1. The molecule has 0 bridgehead atoms. The topological polar surface area (TPSA) is 46.1 Å². The number of aliphatic imine (C=N–C) groups is 1. The maximum atomic E-state index is 5.80. The summed E-state index contributed by atoms with van der Waals surface area (Å²) in [6.45, 7) is 8.75. The van der Waals surface area contributed by atoms with Crippen molar-refractivity contribution in [2.45, 2.75) is 38.5 Å². The van der Waals surface area contributed by atoms with Gasteiger partial charge >= 0.3 is 0 Å². The lowest BCUT2D eigenvalue weighted by Crippen LogP contribution is -2.48. The molecule has 2 aliphatic rings. The maximum Gasteiger partial charge on any atom is 0.193 e. The number of rotatable bonds is 8. The van der Waals surface area contributed by atoms with Crippen molar-refractivity contribution in [2.24, 2.45) is 16.8 Å². The fourth-order valence-electron chi connectivity index (χ4n) is 4.45. The van der Waals surface area contributed by atoms with Crippen molar-refractivity contribution in [3.05, 3.63) is 35.9 Å². The fourth-order valence-corrected chi connectivity index (χ4v) is 4.45. The Morgan fingerprint density at radius 1 is 1.29 bits per heavy atom. The number of ether oxygens (including phenoxy) is 2. The van der Waals surface area contributed by atoms with Crippen molar-refractivity contribution < 1.29 is 9.47 Å². The molecule has 0 aliphatic carbocycles. The zero-order valence-corrected chi connectivity index (χ0v) is 17.6. The molecule has 28 heavy (non-hydrogen) atoms. The monoisotopic (exact) mass is 387 g/mol. The van der Waals surface area contributed by atoms with Gasteiger partial charge in [-0.3, -0.25) is 4.99 Å². The summed E-state index contributed by atoms with van der Waals surface area (Å²) in [4.78, 5) is 6.97. The summed E-state index contributed by atoms with van der Waals surface area (Å²) in [5, 5.41) is 3.54. The zero-order chi connectivity index (χ0) is 19.6. The maximum absolute atomic E-state index is 5.80. The van der Waals surface area contributed by atoms with Crippen molar-refractivity contribution in [3.8, 4) is 0 Å². The van der Waals surface area contributed by atoms with Crippen LogP contribution in [0.4, 0.5) is 0 Å². The minimum absolute atomic E-state index is 0.595. The summed E-state index contributed by atoms with van der Waals surface area (Å²) in [6.07, 6.45) is 4.54. The average molecular weight is 388 g/mol. The van der Waals surface area contributed by atoms with Crippen molar-refractivity contribution >= 4 is 5.96 Å². The molecule has 2 heterocycles. The molecule has 0 amide bonds. The third-order valence-corrected chi connectivity index (χ3v) is 6.12. The van der Waals surface area contributed by atoms with Crippen LogP contribution in [0.2, 0.25) is 0 Å². The van der Waals surface area contributed by atoms with Crippen LogP contribution in [-0.4, -0.2) is 64.0 Å². The van der Waals surface area contributed by atoms with Gasteiger partial charge in [0.05, 0.1) is 13.2 Å². The second-order valence-electron chi connectivity index (χ2n) is 8.05. The summed E-state index contributed by atoms with van der Waals surface area (Å²) in [5.41, 5.74) is 1.49. The molecule has 0 aromatic heterocycles. The Morgan fingerprint density at radius 3 is 2.86 bits per heavy atom. The van der Waals surface area contributed by atoms with Crippen LogP contribution in [0.25, 0.3) is 0 Å². The van der Waals surface area contributed by atoms with E-state index in [1.807, 2.05) is 7.05 Å². The summed E-state index contributed by atoms with van der Waals surface area (Å²) >= 11 is 0. The Labute approximate surface area is 170 Å². The van der Waals surface area contributed by atoms with Gasteiger partial charge in [0.15, 0.2) is 5.96 Å². The van der Waals surface area contributed by atoms with E-state index in [0.29, 0.717) is 17.8 Å². The number of nitrogens with one attached hydrogen (secondary N) is 1. The Kier molecular flexibility index (Phi) is 8.62. The standard InChI is InChI=1S/C23H37N3O2/c1-3-20-16-26(13-10-22(20)21-8-5-4-6-9-21)23(24-2)25-12-7-14-27-17-19-11-15-28-18-19/h4-6,8-9,19-20,22H,3,7,10-18H2,1-2H3,(H,24,25).